The minimum absolute atomic E-state index is 0.146. The van der Waals surface area contributed by atoms with Gasteiger partial charge in [-0.15, -0.1) is 0 Å². The standard InChI is InChI=1S/C31H32Cl2N4O7/c1-4-42-26-13-20(29-28(30(39)41-3)18(2)35-31(40)36-29)8-12-25(26)44-17-27(38)37-34-15-19-5-10-23(11-6-19)43-16-21-7-9-22(32)14-24(21)33/h5-15,27,29,37-38H,4,16-17H2,1-3H3,(H2,35,36,40)/b34-15-/t27-,29+/m0/s1. The Hall–Kier alpha value is -4.45. The number of nitrogens with zero attached hydrogens (tertiary/aromatic N) is 1. The number of nitrogens with one attached hydrogen (secondary N) is 3. The van der Waals surface area contributed by atoms with Crippen LogP contribution in [0.15, 0.2) is 77.0 Å². The molecule has 0 bridgehead atoms. The van der Waals surface area contributed by atoms with Gasteiger partial charge in [0.05, 0.1) is 31.5 Å². The maximum atomic E-state index is 12.4. The summed E-state index contributed by atoms with van der Waals surface area (Å²) in [5.41, 5.74) is 5.46. The molecule has 0 saturated carbocycles. The molecular formula is C31H32Cl2N4O7. The van der Waals surface area contributed by atoms with E-state index in [9.17, 15) is 14.7 Å². The number of esters is 1. The van der Waals surface area contributed by atoms with Crippen molar-refractivity contribution in [1.29, 1.82) is 0 Å². The zero-order chi connectivity index (χ0) is 31.6. The van der Waals surface area contributed by atoms with Gasteiger partial charge in [-0.1, -0.05) is 35.3 Å². The van der Waals surface area contributed by atoms with Crippen LogP contribution in [0.4, 0.5) is 4.79 Å². The number of methoxy groups -OCH3 is 1. The molecule has 1 aliphatic heterocycles. The van der Waals surface area contributed by atoms with Crippen LogP contribution < -0.4 is 30.3 Å². The third-order valence-electron chi connectivity index (χ3n) is 6.40. The van der Waals surface area contributed by atoms with Crippen LogP contribution in [0.25, 0.3) is 0 Å². The topological polar surface area (TPSA) is 140 Å². The summed E-state index contributed by atoms with van der Waals surface area (Å²) in [7, 11) is 1.27. The molecule has 2 atom stereocenters. The van der Waals surface area contributed by atoms with Crippen LogP contribution in [0.3, 0.4) is 0 Å². The number of benzene rings is 3. The van der Waals surface area contributed by atoms with Gasteiger partial charge in [0, 0.05) is 21.3 Å². The zero-order valence-electron chi connectivity index (χ0n) is 24.2. The monoisotopic (exact) mass is 642 g/mol. The molecular weight excluding hydrogens is 611 g/mol. The van der Waals surface area contributed by atoms with Crippen molar-refractivity contribution in [1.82, 2.24) is 16.1 Å². The Morgan fingerprint density at radius 1 is 1.07 bits per heavy atom. The lowest BCUT2D eigenvalue weighted by molar-refractivity contribution is -0.136. The van der Waals surface area contributed by atoms with E-state index in [0.717, 1.165) is 11.1 Å². The van der Waals surface area contributed by atoms with Gasteiger partial charge < -0.3 is 34.7 Å². The van der Waals surface area contributed by atoms with Gasteiger partial charge in [-0.2, -0.15) is 5.10 Å². The van der Waals surface area contributed by atoms with Crippen LogP contribution in [-0.4, -0.2) is 49.9 Å². The SMILES string of the molecule is CCOc1cc([C@H]2NC(=O)NC(C)=C2C(=O)OC)ccc1OC[C@H](O)N/N=C\c1ccc(OCc2ccc(Cl)cc2Cl)cc1. The second kappa shape index (κ2) is 15.3. The van der Waals surface area contributed by atoms with Gasteiger partial charge in [-0.3, -0.25) is 5.43 Å². The number of hydrogen-bond donors (Lipinski definition) is 4. The van der Waals surface area contributed by atoms with E-state index in [1.165, 1.54) is 7.11 Å². The molecule has 3 aromatic rings. The Bertz CT molecular complexity index is 1550. The number of hydrogen-bond acceptors (Lipinski definition) is 9. The first-order chi connectivity index (χ1) is 21.2. The minimum Gasteiger partial charge on any atom is -0.490 e. The fourth-order valence-corrected chi connectivity index (χ4v) is 4.73. The zero-order valence-corrected chi connectivity index (χ0v) is 25.7. The largest absolute Gasteiger partial charge is 0.490 e. The highest BCUT2D eigenvalue weighted by molar-refractivity contribution is 6.35. The molecule has 0 unspecified atom stereocenters. The van der Waals surface area contributed by atoms with Crippen LogP contribution in [0, 0.1) is 0 Å². The van der Waals surface area contributed by atoms with E-state index >= 15 is 0 Å². The molecule has 0 aliphatic carbocycles. The van der Waals surface area contributed by atoms with Crippen molar-refractivity contribution in [3.8, 4) is 17.2 Å². The number of amides is 2. The van der Waals surface area contributed by atoms with E-state index in [1.807, 2.05) is 25.1 Å². The number of carbonyl (C=O) groups excluding carboxylic acids is 2. The van der Waals surface area contributed by atoms with Crippen molar-refractivity contribution in [2.45, 2.75) is 32.7 Å². The van der Waals surface area contributed by atoms with Crippen molar-refractivity contribution in [2.75, 3.05) is 20.3 Å². The Morgan fingerprint density at radius 3 is 2.55 bits per heavy atom. The average molecular weight is 644 g/mol. The van der Waals surface area contributed by atoms with E-state index in [-0.39, 0.29) is 12.2 Å². The molecule has 1 aliphatic rings. The molecule has 2 amide bonds. The van der Waals surface area contributed by atoms with E-state index in [0.29, 0.717) is 51.8 Å². The minimum atomic E-state index is -1.13. The second-order valence-corrected chi connectivity index (χ2v) is 10.4. The van der Waals surface area contributed by atoms with E-state index < -0.39 is 24.3 Å². The summed E-state index contributed by atoms with van der Waals surface area (Å²) < 4.78 is 22.2. The third-order valence-corrected chi connectivity index (χ3v) is 6.99. The molecule has 0 radical (unpaired) electrons. The lowest BCUT2D eigenvalue weighted by atomic mass is 9.95. The number of halogens is 2. The van der Waals surface area contributed by atoms with Crippen LogP contribution in [0.5, 0.6) is 17.2 Å². The maximum Gasteiger partial charge on any atom is 0.337 e. The van der Waals surface area contributed by atoms with Gasteiger partial charge in [0.15, 0.2) is 17.7 Å². The second-order valence-electron chi connectivity index (χ2n) is 9.51. The fourth-order valence-electron chi connectivity index (χ4n) is 4.27. The summed E-state index contributed by atoms with van der Waals surface area (Å²) in [5.74, 6) is 0.810. The molecule has 1 heterocycles. The summed E-state index contributed by atoms with van der Waals surface area (Å²) in [6.07, 6.45) is 0.415. The van der Waals surface area contributed by atoms with Gasteiger partial charge >= 0.3 is 12.0 Å². The molecule has 3 aromatic carbocycles. The number of carbonyl (C=O) groups is 2. The fraction of sp³-hybridized carbons (Fsp3) is 0.258. The summed E-state index contributed by atoms with van der Waals surface area (Å²) in [5, 5.41) is 20.9. The Labute approximate surface area is 264 Å². The molecule has 0 aromatic heterocycles. The molecule has 0 spiro atoms. The number of hydrazone groups is 1. The van der Waals surface area contributed by atoms with Crippen molar-refractivity contribution >= 4 is 41.4 Å². The Balaban J connectivity index is 1.32. The first-order valence-corrected chi connectivity index (χ1v) is 14.3. The average Bonchev–Trinajstić information content (AvgIpc) is 3.00. The molecule has 4 N–H and O–H groups in total. The summed E-state index contributed by atoms with van der Waals surface area (Å²) >= 11 is 12.1. The van der Waals surface area contributed by atoms with Crippen LogP contribution in [-0.2, 0) is 16.1 Å². The molecule has 0 saturated heterocycles. The quantitative estimate of drug-likeness (QED) is 0.0875. The molecule has 11 nitrogen and oxygen atoms in total. The van der Waals surface area contributed by atoms with E-state index in [1.54, 1.807) is 55.6 Å². The summed E-state index contributed by atoms with van der Waals surface area (Å²) in [6.45, 7) is 3.92. The highest BCUT2D eigenvalue weighted by Gasteiger charge is 2.32. The lowest BCUT2D eigenvalue weighted by Gasteiger charge is -2.28. The molecule has 0 fully saturated rings. The molecule has 4 rings (SSSR count). The Morgan fingerprint density at radius 2 is 1.84 bits per heavy atom. The predicted molar refractivity (Wildman–Crippen MR) is 166 cm³/mol. The molecule has 13 heteroatoms. The summed E-state index contributed by atoms with van der Waals surface area (Å²) in [4.78, 5) is 24.6. The van der Waals surface area contributed by atoms with Gasteiger partial charge in [-0.25, -0.2) is 9.59 Å². The van der Waals surface area contributed by atoms with Crippen LogP contribution >= 0.6 is 23.2 Å². The highest BCUT2D eigenvalue weighted by Crippen LogP contribution is 2.35. The van der Waals surface area contributed by atoms with Crippen LogP contribution in [0.2, 0.25) is 10.0 Å². The van der Waals surface area contributed by atoms with Crippen molar-refractivity contribution in [3.63, 3.8) is 0 Å². The van der Waals surface area contributed by atoms with E-state index in [4.69, 9.17) is 42.1 Å². The highest BCUT2D eigenvalue weighted by atomic mass is 35.5. The van der Waals surface area contributed by atoms with Crippen LogP contribution in [0.1, 0.15) is 36.6 Å². The number of rotatable bonds is 13. The van der Waals surface area contributed by atoms with Gasteiger partial charge in [-0.05, 0) is 73.5 Å². The molecule has 44 heavy (non-hydrogen) atoms. The van der Waals surface area contributed by atoms with Gasteiger partial charge in [0.25, 0.3) is 0 Å². The molecule has 232 valence electrons. The normalized spacial score (nSPS) is 15.3. The van der Waals surface area contributed by atoms with Gasteiger partial charge in [0.1, 0.15) is 19.0 Å². The number of allylic oxidation sites excluding steroid dienone is 1. The van der Waals surface area contributed by atoms with Crippen molar-refractivity contribution < 1.29 is 33.6 Å². The summed E-state index contributed by atoms with van der Waals surface area (Å²) in [6, 6.07) is 16.3. The predicted octanol–water partition coefficient (Wildman–Crippen LogP) is 5.09. The lowest BCUT2D eigenvalue weighted by Crippen LogP contribution is -2.45. The number of urea groups is 1. The maximum absolute atomic E-state index is 12.4. The number of aliphatic hydroxyl groups excluding tert-OH is 1. The Kier molecular flexibility index (Phi) is 11.3. The van der Waals surface area contributed by atoms with E-state index in [2.05, 4.69) is 21.2 Å². The third kappa shape index (κ3) is 8.56. The first-order valence-electron chi connectivity index (χ1n) is 13.6. The van der Waals surface area contributed by atoms with Gasteiger partial charge in [0.2, 0.25) is 0 Å². The van der Waals surface area contributed by atoms with Crippen molar-refractivity contribution in [2.24, 2.45) is 5.10 Å². The first kappa shape index (κ1) is 32.5. The smallest absolute Gasteiger partial charge is 0.337 e. The number of ether oxygens (including phenoxy) is 4. The van der Waals surface area contributed by atoms with Crippen molar-refractivity contribution in [3.05, 3.63) is 98.7 Å². The number of aliphatic hydroxyl groups is 1.